The molecule has 0 bridgehead atoms. The van der Waals surface area contributed by atoms with Crippen molar-refractivity contribution in [3.63, 3.8) is 0 Å². The third-order valence-corrected chi connectivity index (χ3v) is 3.87. The molecule has 0 fully saturated rings. The quantitative estimate of drug-likeness (QED) is 0.867. The molecule has 0 unspecified atom stereocenters. The molecule has 5 nitrogen and oxygen atoms in total. The summed E-state index contributed by atoms with van der Waals surface area (Å²) in [7, 11) is 1.59. The summed E-state index contributed by atoms with van der Waals surface area (Å²) in [5.74, 6) is 1.73. The first-order valence-electron chi connectivity index (χ1n) is 7.36. The average Bonchev–Trinajstić information content (AvgIpc) is 2.90. The van der Waals surface area contributed by atoms with Gasteiger partial charge in [0.1, 0.15) is 13.2 Å². The van der Waals surface area contributed by atoms with Crippen molar-refractivity contribution in [2.24, 2.45) is 0 Å². The van der Waals surface area contributed by atoms with Crippen LogP contribution in [0.3, 0.4) is 0 Å². The van der Waals surface area contributed by atoms with E-state index < -0.39 is 0 Å². The van der Waals surface area contributed by atoms with E-state index in [1.54, 1.807) is 7.11 Å². The molecular weight excluding hydrogens is 294 g/mol. The van der Waals surface area contributed by atoms with Gasteiger partial charge in [-0.3, -0.25) is 4.79 Å². The molecule has 2 aliphatic rings. The zero-order valence-corrected chi connectivity index (χ0v) is 12.6. The van der Waals surface area contributed by atoms with Crippen molar-refractivity contribution in [3.8, 4) is 17.2 Å². The summed E-state index contributed by atoms with van der Waals surface area (Å²) in [6.45, 7) is 0.999. The van der Waals surface area contributed by atoms with Crippen molar-refractivity contribution in [1.29, 1.82) is 0 Å². The van der Waals surface area contributed by atoms with Gasteiger partial charge >= 0.3 is 0 Å². The first-order valence-corrected chi connectivity index (χ1v) is 7.36. The molecule has 116 valence electrons. The van der Waals surface area contributed by atoms with Crippen molar-refractivity contribution in [1.82, 2.24) is 0 Å². The van der Waals surface area contributed by atoms with Crippen LogP contribution >= 0.6 is 0 Å². The van der Waals surface area contributed by atoms with E-state index in [-0.39, 0.29) is 5.91 Å². The van der Waals surface area contributed by atoms with Crippen LogP contribution in [-0.4, -0.2) is 26.2 Å². The van der Waals surface area contributed by atoms with Gasteiger partial charge in [-0.25, -0.2) is 0 Å². The summed E-state index contributed by atoms with van der Waals surface area (Å²) >= 11 is 0. The summed E-state index contributed by atoms with van der Waals surface area (Å²) in [5, 5.41) is 2.86. The number of benzene rings is 2. The molecule has 2 aromatic rings. The standard InChI is InChI=1S/C18H15NO4/c1-21-15-9-11(10-16-17(15)23-7-6-22-16)8-13-12-4-2-3-5-14(12)19-18(13)20/h2-5,8-10H,6-7H2,1H3,(H,19,20). The van der Waals surface area contributed by atoms with Crippen molar-refractivity contribution < 1.29 is 19.0 Å². The second-order valence-corrected chi connectivity index (χ2v) is 5.31. The van der Waals surface area contributed by atoms with E-state index in [1.807, 2.05) is 42.5 Å². The van der Waals surface area contributed by atoms with Gasteiger partial charge < -0.3 is 19.5 Å². The van der Waals surface area contributed by atoms with E-state index in [4.69, 9.17) is 14.2 Å². The Morgan fingerprint density at radius 2 is 2.00 bits per heavy atom. The number of anilines is 1. The number of hydrogen-bond donors (Lipinski definition) is 1. The molecule has 23 heavy (non-hydrogen) atoms. The monoisotopic (exact) mass is 309 g/mol. The van der Waals surface area contributed by atoms with Crippen LogP contribution in [0.5, 0.6) is 17.2 Å². The third-order valence-electron chi connectivity index (χ3n) is 3.87. The Kier molecular flexibility index (Phi) is 3.19. The second kappa shape index (κ2) is 5.35. The van der Waals surface area contributed by atoms with E-state index >= 15 is 0 Å². The Balaban J connectivity index is 1.81. The lowest BCUT2D eigenvalue weighted by Gasteiger charge is -2.21. The van der Waals surface area contributed by atoms with Crippen LogP contribution < -0.4 is 19.5 Å². The number of fused-ring (bicyclic) bond motifs is 2. The molecule has 0 saturated heterocycles. The van der Waals surface area contributed by atoms with Gasteiger partial charge in [0.05, 0.1) is 7.11 Å². The molecule has 1 amide bonds. The number of rotatable bonds is 2. The number of carbonyl (C=O) groups is 1. The van der Waals surface area contributed by atoms with Crippen molar-refractivity contribution in [2.75, 3.05) is 25.6 Å². The SMILES string of the molecule is COc1cc(C=C2C(=O)Nc3ccccc32)cc2c1OCCO2. The zero-order chi connectivity index (χ0) is 15.8. The average molecular weight is 309 g/mol. The molecule has 2 aliphatic heterocycles. The lowest BCUT2D eigenvalue weighted by atomic mass is 10.0. The molecule has 1 N–H and O–H groups in total. The van der Waals surface area contributed by atoms with Gasteiger partial charge in [0.15, 0.2) is 11.5 Å². The molecule has 0 aliphatic carbocycles. The summed E-state index contributed by atoms with van der Waals surface area (Å²) in [4.78, 5) is 12.2. The number of hydrogen-bond acceptors (Lipinski definition) is 4. The maximum absolute atomic E-state index is 12.2. The van der Waals surface area contributed by atoms with E-state index in [9.17, 15) is 4.79 Å². The highest BCUT2D eigenvalue weighted by atomic mass is 16.6. The van der Waals surface area contributed by atoms with Crippen LogP contribution in [0.4, 0.5) is 5.69 Å². The van der Waals surface area contributed by atoms with Crippen molar-refractivity contribution >= 4 is 23.2 Å². The summed E-state index contributed by atoms with van der Waals surface area (Å²) in [6, 6.07) is 11.3. The first-order chi connectivity index (χ1) is 11.3. The Morgan fingerprint density at radius 3 is 2.87 bits per heavy atom. The highest BCUT2D eigenvalue weighted by molar-refractivity contribution is 6.34. The Hall–Kier alpha value is -2.95. The Bertz CT molecular complexity index is 809. The van der Waals surface area contributed by atoms with E-state index in [0.717, 1.165) is 16.8 Å². The molecule has 0 aromatic heterocycles. The fraction of sp³-hybridized carbons (Fsp3) is 0.167. The normalized spacial score (nSPS) is 16.9. The van der Waals surface area contributed by atoms with Gasteiger partial charge in [0.25, 0.3) is 5.91 Å². The number of carbonyl (C=O) groups excluding carboxylic acids is 1. The fourth-order valence-electron chi connectivity index (χ4n) is 2.83. The van der Waals surface area contributed by atoms with Gasteiger partial charge in [0, 0.05) is 16.8 Å². The first kappa shape index (κ1) is 13.7. The summed E-state index contributed by atoms with van der Waals surface area (Å²) in [5.41, 5.74) is 3.17. The lowest BCUT2D eigenvalue weighted by Crippen LogP contribution is -2.16. The van der Waals surface area contributed by atoms with Crippen LogP contribution in [0.25, 0.3) is 11.6 Å². The number of ether oxygens (including phenoxy) is 3. The maximum Gasteiger partial charge on any atom is 0.256 e. The predicted octanol–water partition coefficient (Wildman–Crippen LogP) is 2.96. The van der Waals surface area contributed by atoms with E-state index in [0.29, 0.717) is 36.0 Å². The minimum absolute atomic E-state index is 0.111. The van der Waals surface area contributed by atoms with Crippen LogP contribution in [0.1, 0.15) is 11.1 Å². The molecule has 5 heteroatoms. The molecule has 2 aromatic carbocycles. The number of para-hydroxylation sites is 1. The van der Waals surface area contributed by atoms with Crippen LogP contribution in [0.15, 0.2) is 36.4 Å². The number of amides is 1. The minimum atomic E-state index is -0.111. The van der Waals surface area contributed by atoms with Gasteiger partial charge in [-0.15, -0.1) is 0 Å². The molecule has 4 rings (SSSR count). The molecule has 0 atom stereocenters. The zero-order valence-electron chi connectivity index (χ0n) is 12.6. The minimum Gasteiger partial charge on any atom is -0.493 e. The number of nitrogens with one attached hydrogen (secondary N) is 1. The largest absolute Gasteiger partial charge is 0.493 e. The summed E-state index contributed by atoms with van der Waals surface area (Å²) < 4.78 is 16.6. The molecular formula is C18H15NO4. The third kappa shape index (κ3) is 2.30. The smallest absolute Gasteiger partial charge is 0.256 e. The highest BCUT2D eigenvalue weighted by Gasteiger charge is 2.24. The molecule has 0 radical (unpaired) electrons. The molecule has 2 heterocycles. The highest BCUT2D eigenvalue weighted by Crippen LogP contribution is 2.42. The van der Waals surface area contributed by atoms with Crippen LogP contribution in [0.2, 0.25) is 0 Å². The van der Waals surface area contributed by atoms with Gasteiger partial charge in [-0.2, -0.15) is 0 Å². The van der Waals surface area contributed by atoms with Crippen molar-refractivity contribution in [3.05, 3.63) is 47.5 Å². The fourth-order valence-corrected chi connectivity index (χ4v) is 2.83. The van der Waals surface area contributed by atoms with E-state index in [2.05, 4.69) is 5.32 Å². The maximum atomic E-state index is 12.2. The van der Waals surface area contributed by atoms with Crippen LogP contribution in [-0.2, 0) is 4.79 Å². The predicted molar refractivity (Wildman–Crippen MR) is 86.9 cm³/mol. The lowest BCUT2D eigenvalue weighted by molar-refractivity contribution is -0.110. The van der Waals surface area contributed by atoms with E-state index in [1.165, 1.54) is 0 Å². The van der Waals surface area contributed by atoms with Gasteiger partial charge in [-0.1, -0.05) is 18.2 Å². The Morgan fingerprint density at radius 1 is 1.17 bits per heavy atom. The van der Waals surface area contributed by atoms with Gasteiger partial charge in [-0.05, 0) is 29.8 Å². The second-order valence-electron chi connectivity index (χ2n) is 5.31. The summed E-state index contributed by atoms with van der Waals surface area (Å²) in [6.07, 6.45) is 1.84. The topological polar surface area (TPSA) is 56.8 Å². The molecule has 0 saturated carbocycles. The number of methoxy groups -OCH3 is 1. The van der Waals surface area contributed by atoms with Crippen molar-refractivity contribution in [2.45, 2.75) is 0 Å². The van der Waals surface area contributed by atoms with Gasteiger partial charge in [0.2, 0.25) is 5.75 Å². The Labute approximate surface area is 133 Å². The molecule has 0 spiro atoms. The van der Waals surface area contributed by atoms with Crippen LogP contribution in [0, 0.1) is 0 Å².